The smallest absolute Gasteiger partial charge is 0.0346 e. The van der Waals surface area contributed by atoms with E-state index < -0.39 is 0 Å². The zero-order chi connectivity index (χ0) is 10.5. The molecule has 1 aliphatic rings. The van der Waals surface area contributed by atoms with Crippen molar-refractivity contribution in [3.8, 4) is 0 Å². The summed E-state index contributed by atoms with van der Waals surface area (Å²) in [7, 11) is 0. The van der Waals surface area contributed by atoms with Crippen molar-refractivity contribution in [2.75, 3.05) is 18.8 Å². The zero-order valence-electron chi connectivity index (χ0n) is 9.21. The van der Waals surface area contributed by atoms with Gasteiger partial charge in [-0.3, -0.25) is 0 Å². The van der Waals surface area contributed by atoms with Crippen LogP contribution in [0.3, 0.4) is 0 Å². The van der Waals surface area contributed by atoms with Gasteiger partial charge in [0.05, 0.1) is 0 Å². The molecule has 0 spiro atoms. The summed E-state index contributed by atoms with van der Waals surface area (Å²) in [6.45, 7) is 2.39. The van der Waals surface area contributed by atoms with Gasteiger partial charge in [0.2, 0.25) is 0 Å². The monoisotopic (exact) mass is 204 g/mol. The van der Waals surface area contributed by atoms with Gasteiger partial charge in [-0.05, 0) is 56.3 Å². The number of benzene rings is 1. The van der Waals surface area contributed by atoms with Crippen LogP contribution in [0.1, 0.15) is 24.8 Å². The number of para-hydroxylation sites is 1. The molecular formula is C13H20N2. The molecule has 3 N–H and O–H groups in total. The molecule has 1 heterocycles. The fourth-order valence-corrected chi connectivity index (χ4v) is 2.29. The average molecular weight is 204 g/mol. The Morgan fingerprint density at radius 1 is 1.33 bits per heavy atom. The first kappa shape index (κ1) is 10.5. The normalized spacial score (nSPS) is 21.5. The predicted octanol–water partition coefficient (Wildman–Crippen LogP) is 2.20. The van der Waals surface area contributed by atoms with Crippen molar-refractivity contribution in [2.45, 2.75) is 25.7 Å². The van der Waals surface area contributed by atoms with Gasteiger partial charge in [-0.2, -0.15) is 0 Å². The van der Waals surface area contributed by atoms with Gasteiger partial charge in [0.25, 0.3) is 0 Å². The molecule has 1 atom stereocenters. The lowest BCUT2D eigenvalue weighted by Crippen LogP contribution is -2.29. The highest BCUT2D eigenvalue weighted by Crippen LogP contribution is 2.19. The highest BCUT2D eigenvalue weighted by atomic mass is 14.9. The zero-order valence-corrected chi connectivity index (χ0v) is 9.21. The van der Waals surface area contributed by atoms with E-state index in [9.17, 15) is 0 Å². The van der Waals surface area contributed by atoms with E-state index in [0.29, 0.717) is 0 Å². The molecule has 0 bridgehead atoms. The van der Waals surface area contributed by atoms with E-state index in [2.05, 4.69) is 17.4 Å². The van der Waals surface area contributed by atoms with Crippen LogP contribution < -0.4 is 11.1 Å². The van der Waals surface area contributed by atoms with Crippen molar-refractivity contribution in [1.29, 1.82) is 0 Å². The Kier molecular flexibility index (Phi) is 3.62. The number of nitrogens with one attached hydrogen (secondary N) is 1. The molecule has 0 saturated carbocycles. The van der Waals surface area contributed by atoms with E-state index in [0.717, 1.165) is 18.0 Å². The summed E-state index contributed by atoms with van der Waals surface area (Å²) in [5.41, 5.74) is 8.17. The third kappa shape index (κ3) is 2.96. The first-order valence-electron chi connectivity index (χ1n) is 5.90. The molecule has 0 amide bonds. The van der Waals surface area contributed by atoms with Gasteiger partial charge >= 0.3 is 0 Å². The van der Waals surface area contributed by atoms with Crippen LogP contribution in [0.4, 0.5) is 5.69 Å². The Balaban J connectivity index is 1.84. The molecule has 0 aliphatic carbocycles. The second kappa shape index (κ2) is 5.17. The van der Waals surface area contributed by atoms with Gasteiger partial charge in [0, 0.05) is 5.69 Å². The lowest BCUT2D eigenvalue weighted by atomic mass is 9.92. The van der Waals surface area contributed by atoms with Gasteiger partial charge in [-0.15, -0.1) is 0 Å². The molecule has 2 rings (SSSR count). The fraction of sp³-hybridized carbons (Fsp3) is 0.538. The minimum Gasteiger partial charge on any atom is -0.399 e. The molecule has 1 aromatic rings. The quantitative estimate of drug-likeness (QED) is 0.741. The first-order valence-corrected chi connectivity index (χ1v) is 5.90. The van der Waals surface area contributed by atoms with Crippen LogP contribution in [0.25, 0.3) is 0 Å². The highest BCUT2D eigenvalue weighted by molar-refractivity contribution is 5.46. The molecule has 0 radical (unpaired) electrons. The lowest BCUT2D eigenvalue weighted by molar-refractivity contribution is 0.358. The molecule has 1 unspecified atom stereocenters. The molecule has 82 valence electrons. The van der Waals surface area contributed by atoms with Crippen LogP contribution in [0.15, 0.2) is 24.3 Å². The summed E-state index contributed by atoms with van der Waals surface area (Å²) in [5.74, 6) is 0.846. The lowest BCUT2D eigenvalue weighted by Gasteiger charge is -2.22. The van der Waals surface area contributed by atoms with Crippen molar-refractivity contribution in [3.63, 3.8) is 0 Å². The minimum absolute atomic E-state index is 0.846. The number of aryl methyl sites for hydroxylation is 1. The van der Waals surface area contributed by atoms with E-state index in [-0.39, 0.29) is 0 Å². The van der Waals surface area contributed by atoms with Crippen LogP contribution in [-0.2, 0) is 6.42 Å². The standard InChI is InChI=1S/C13H20N2/c14-13-6-2-1-5-12(13)8-7-11-4-3-9-15-10-11/h1-2,5-6,11,15H,3-4,7-10,14H2. The largest absolute Gasteiger partial charge is 0.399 e. The van der Waals surface area contributed by atoms with E-state index in [1.807, 2.05) is 12.1 Å². The molecule has 1 fully saturated rings. The van der Waals surface area contributed by atoms with Gasteiger partial charge < -0.3 is 11.1 Å². The first-order chi connectivity index (χ1) is 7.36. The number of piperidine rings is 1. The SMILES string of the molecule is Nc1ccccc1CCC1CCCNC1. The number of nitrogen functional groups attached to an aromatic ring is 1. The van der Waals surface area contributed by atoms with E-state index in [1.54, 1.807) is 0 Å². The van der Waals surface area contributed by atoms with Crippen LogP contribution >= 0.6 is 0 Å². The second-order valence-electron chi connectivity index (χ2n) is 4.45. The van der Waals surface area contributed by atoms with E-state index in [1.165, 1.54) is 37.9 Å². The second-order valence-corrected chi connectivity index (χ2v) is 4.45. The predicted molar refractivity (Wildman–Crippen MR) is 64.8 cm³/mol. The number of hydrogen-bond acceptors (Lipinski definition) is 2. The third-order valence-electron chi connectivity index (χ3n) is 3.28. The molecule has 1 aliphatic heterocycles. The maximum absolute atomic E-state index is 5.92. The molecule has 0 aromatic heterocycles. The Morgan fingerprint density at radius 3 is 2.93 bits per heavy atom. The Bertz CT molecular complexity index is 303. The van der Waals surface area contributed by atoms with E-state index in [4.69, 9.17) is 5.73 Å². The Labute approximate surface area is 91.9 Å². The fourth-order valence-electron chi connectivity index (χ4n) is 2.29. The van der Waals surface area contributed by atoms with Crippen LogP contribution in [0, 0.1) is 5.92 Å². The number of hydrogen-bond donors (Lipinski definition) is 2. The van der Waals surface area contributed by atoms with Gasteiger partial charge in [0.1, 0.15) is 0 Å². The molecule has 1 aromatic carbocycles. The molecule has 2 heteroatoms. The maximum Gasteiger partial charge on any atom is 0.0346 e. The summed E-state index contributed by atoms with van der Waals surface area (Å²) in [6, 6.07) is 8.21. The van der Waals surface area contributed by atoms with Crippen LogP contribution in [0.2, 0.25) is 0 Å². The van der Waals surface area contributed by atoms with Gasteiger partial charge in [-0.1, -0.05) is 18.2 Å². The molecule has 15 heavy (non-hydrogen) atoms. The number of rotatable bonds is 3. The molecule has 1 saturated heterocycles. The van der Waals surface area contributed by atoms with Crippen molar-refractivity contribution < 1.29 is 0 Å². The van der Waals surface area contributed by atoms with Crippen molar-refractivity contribution in [2.24, 2.45) is 5.92 Å². The summed E-state index contributed by atoms with van der Waals surface area (Å²) in [5, 5.41) is 3.45. The topological polar surface area (TPSA) is 38.0 Å². The maximum atomic E-state index is 5.92. The van der Waals surface area contributed by atoms with Crippen LogP contribution in [-0.4, -0.2) is 13.1 Å². The van der Waals surface area contributed by atoms with E-state index >= 15 is 0 Å². The van der Waals surface area contributed by atoms with Crippen molar-refractivity contribution in [3.05, 3.63) is 29.8 Å². The average Bonchev–Trinajstić information content (AvgIpc) is 2.29. The number of nitrogens with two attached hydrogens (primary N) is 1. The summed E-state index contributed by atoms with van der Waals surface area (Å²) in [4.78, 5) is 0. The van der Waals surface area contributed by atoms with Crippen molar-refractivity contribution in [1.82, 2.24) is 5.32 Å². The summed E-state index contributed by atoms with van der Waals surface area (Å²) in [6.07, 6.45) is 5.09. The molecule has 2 nitrogen and oxygen atoms in total. The van der Waals surface area contributed by atoms with Gasteiger partial charge in [-0.25, -0.2) is 0 Å². The Hall–Kier alpha value is -1.02. The van der Waals surface area contributed by atoms with Crippen molar-refractivity contribution >= 4 is 5.69 Å². The van der Waals surface area contributed by atoms with Crippen LogP contribution in [0.5, 0.6) is 0 Å². The van der Waals surface area contributed by atoms with Gasteiger partial charge in [0.15, 0.2) is 0 Å². The summed E-state index contributed by atoms with van der Waals surface area (Å²) < 4.78 is 0. The molecular weight excluding hydrogens is 184 g/mol. The highest BCUT2D eigenvalue weighted by Gasteiger charge is 2.12. The Morgan fingerprint density at radius 2 is 2.20 bits per heavy atom. The third-order valence-corrected chi connectivity index (χ3v) is 3.28. The minimum atomic E-state index is 0.846. The number of anilines is 1. The summed E-state index contributed by atoms with van der Waals surface area (Å²) >= 11 is 0.